The van der Waals surface area contributed by atoms with Crippen LogP contribution in [0.15, 0.2) is 41.2 Å². The molecule has 1 N–H and O–H groups in total. The van der Waals surface area contributed by atoms with Gasteiger partial charge in [0.25, 0.3) is 11.5 Å². The third-order valence-corrected chi connectivity index (χ3v) is 6.62. The predicted octanol–water partition coefficient (Wildman–Crippen LogP) is 3.22. The number of carbonyl (C=O) groups excluding carboxylic acids is 2. The Morgan fingerprint density at radius 2 is 1.93 bits per heavy atom. The number of esters is 1. The van der Waals surface area contributed by atoms with Crippen LogP contribution in [0.25, 0.3) is 5.69 Å². The van der Waals surface area contributed by atoms with Crippen molar-refractivity contribution < 1.29 is 14.3 Å². The van der Waals surface area contributed by atoms with Crippen LogP contribution in [0.1, 0.15) is 39.2 Å². The lowest BCUT2D eigenvalue weighted by molar-refractivity contribution is -0.123. The highest BCUT2D eigenvalue weighted by Crippen LogP contribution is 2.31. The van der Waals surface area contributed by atoms with Gasteiger partial charge in [0.05, 0.1) is 11.4 Å². The van der Waals surface area contributed by atoms with Crippen LogP contribution in [0.3, 0.4) is 0 Å². The van der Waals surface area contributed by atoms with E-state index in [2.05, 4.69) is 5.32 Å². The topological polar surface area (TPSA) is 82.3 Å². The van der Waals surface area contributed by atoms with Crippen molar-refractivity contribution >= 4 is 28.9 Å². The summed E-state index contributed by atoms with van der Waals surface area (Å²) < 4.78 is 8.51. The fraction of sp³-hybridized carbons (Fsp3) is 0.318. The summed E-state index contributed by atoms with van der Waals surface area (Å²) in [5, 5.41) is 2.64. The Labute approximate surface area is 177 Å². The number of ether oxygens (including phenoxy) is 1. The van der Waals surface area contributed by atoms with Gasteiger partial charge in [0.15, 0.2) is 6.10 Å². The second kappa shape index (κ2) is 7.95. The second-order valence-corrected chi connectivity index (χ2v) is 8.52. The number of nitrogens with one attached hydrogen (secondary N) is 1. The molecule has 0 aliphatic heterocycles. The van der Waals surface area contributed by atoms with Gasteiger partial charge in [-0.3, -0.25) is 14.3 Å². The van der Waals surface area contributed by atoms with Gasteiger partial charge < -0.3 is 10.1 Å². The zero-order valence-electron chi connectivity index (χ0n) is 17.1. The van der Waals surface area contributed by atoms with Crippen LogP contribution in [0.2, 0.25) is 0 Å². The molecule has 1 aliphatic carbocycles. The molecule has 1 aromatic carbocycles. The molecule has 0 fully saturated rings. The quantitative estimate of drug-likeness (QED) is 0.637. The number of carbonyl (C=O) groups is 2. The summed E-state index contributed by atoms with van der Waals surface area (Å²) in [4.78, 5) is 39.7. The molecule has 2 aromatic heterocycles. The molecule has 30 heavy (non-hydrogen) atoms. The van der Waals surface area contributed by atoms with Crippen molar-refractivity contribution in [2.24, 2.45) is 7.05 Å². The van der Waals surface area contributed by atoms with E-state index in [9.17, 15) is 14.4 Å². The highest BCUT2D eigenvalue weighted by atomic mass is 32.1. The van der Waals surface area contributed by atoms with Crippen LogP contribution in [0.5, 0.6) is 0 Å². The zero-order valence-corrected chi connectivity index (χ0v) is 17.9. The molecule has 156 valence electrons. The zero-order chi connectivity index (χ0) is 21.4. The molecule has 3 aromatic rings. The van der Waals surface area contributed by atoms with E-state index in [1.807, 2.05) is 36.4 Å². The maximum absolute atomic E-state index is 12.9. The van der Waals surface area contributed by atoms with Gasteiger partial charge in [0.1, 0.15) is 10.6 Å². The highest BCUT2D eigenvalue weighted by Gasteiger charge is 2.25. The number of nitrogens with zero attached hydrogens (tertiary/aromatic N) is 2. The number of para-hydroxylation sites is 1. The largest absolute Gasteiger partial charge is 0.448 e. The molecular formula is C22H23N3O4S. The van der Waals surface area contributed by atoms with Gasteiger partial charge in [-0.05, 0) is 56.9 Å². The van der Waals surface area contributed by atoms with Crippen molar-refractivity contribution in [2.45, 2.75) is 39.2 Å². The SMILES string of the molecule is Cc1c(NC(=O)C(C)OC(=O)c2cc3c(s2)CCC3)c(=O)n(-c2ccccc2)n1C. The van der Waals surface area contributed by atoms with Crippen molar-refractivity contribution in [3.63, 3.8) is 0 Å². The molecule has 0 spiro atoms. The van der Waals surface area contributed by atoms with Crippen LogP contribution < -0.4 is 10.9 Å². The molecule has 0 radical (unpaired) electrons. The number of aromatic nitrogens is 2. The number of amides is 1. The number of thiophene rings is 1. The number of fused-ring (bicyclic) bond motifs is 1. The van der Waals surface area contributed by atoms with Crippen molar-refractivity contribution in [1.29, 1.82) is 0 Å². The Kier molecular flexibility index (Phi) is 5.34. The summed E-state index contributed by atoms with van der Waals surface area (Å²) in [7, 11) is 1.75. The van der Waals surface area contributed by atoms with Gasteiger partial charge in [0.2, 0.25) is 0 Å². The van der Waals surface area contributed by atoms with Gasteiger partial charge in [0, 0.05) is 11.9 Å². The lowest BCUT2D eigenvalue weighted by Gasteiger charge is -2.12. The molecule has 0 saturated carbocycles. The van der Waals surface area contributed by atoms with E-state index in [1.54, 1.807) is 18.7 Å². The Hall–Kier alpha value is -3.13. The molecular weight excluding hydrogens is 402 g/mol. The molecule has 7 nitrogen and oxygen atoms in total. The van der Waals surface area contributed by atoms with E-state index in [-0.39, 0.29) is 11.2 Å². The van der Waals surface area contributed by atoms with Crippen molar-refractivity contribution in [1.82, 2.24) is 9.36 Å². The Balaban J connectivity index is 1.49. The highest BCUT2D eigenvalue weighted by molar-refractivity contribution is 7.14. The van der Waals surface area contributed by atoms with E-state index in [0.29, 0.717) is 16.3 Å². The lowest BCUT2D eigenvalue weighted by Crippen LogP contribution is -2.32. The van der Waals surface area contributed by atoms with Crippen molar-refractivity contribution in [3.8, 4) is 5.69 Å². The molecule has 0 bridgehead atoms. The summed E-state index contributed by atoms with van der Waals surface area (Å²) in [6.07, 6.45) is 2.06. The molecule has 0 saturated heterocycles. The van der Waals surface area contributed by atoms with E-state index < -0.39 is 18.0 Å². The molecule has 1 aliphatic rings. The number of hydrogen-bond acceptors (Lipinski definition) is 5. The normalized spacial score (nSPS) is 13.7. The molecule has 1 unspecified atom stereocenters. The van der Waals surface area contributed by atoms with Crippen LogP contribution in [0.4, 0.5) is 5.69 Å². The molecule has 1 amide bonds. The number of hydrogen-bond donors (Lipinski definition) is 1. The summed E-state index contributed by atoms with van der Waals surface area (Å²) >= 11 is 1.43. The van der Waals surface area contributed by atoms with Crippen LogP contribution in [-0.2, 0) is 29.4 Å². The minimum atomic E-state index is -1.03. The average molecular weight is 426 g/mol. The summed E-state index contributed by atoms with van der Waals surface area (Å²) in [5.74, 6) is -1.05. The minimum absolute atomic E-state index is 0.171. The van der Waals surface area contributed by atoms with Crippen LogP contribution in [-0.4, -0.2) is 27.3 Å². The summed E-state index contributed by atoms with van der Waals surface area (Å²) in [6, 6.07) is 11.0. The monoisotopic (exact) mass is 425 g/mol. The first-order valence-corrected chi connectivity index (χ1v) is 10.7. The maximum atomic E-state index is 12.9. The molecule has 1 atom stereocenters. The number of benzene rings is 1. The number of aryl methyl sites for hydroxylation is 2. The molecule has 2 heterocycles. The lowest BCUT2D eigenvalue weighted by atomic mass is 10.2. The van der Waals surface area contributed by atoms with Gasteiger partial charge in [-0.1, -0.05) is 18.2 Å². The Morgan fingerprint density at radius 3 is 2.63 bits per heavy atom. The van der Waals surface area contributed by atoms with E-state index in [4.69, 9.17) is 4.74 Å². The number of rotatable bonds is 5. The van der Waals surface area contributed by atoms with E-state index >= 15 is 0 Å². The van der Waals surface area contributed by atoms with Crippen molar-refractivity contribution in [2.75, 3.05) is 5.32 Å². The first kappa shape index (κ1) is 20.2. The van der Waals surface area contributed by atoms with Gasteiger partial charge in [-0.25, -0.2) is 9.48 Å². The molecule has 4 rings (SSSR count). The summed E-state index contributed by atoms with van der Waals surface area (Å²) in [5.41, 5.74) is 2.32. The fourth-order valence-corrected chi connectivity index (χ4v) is 4.78. The fourth-order valence-electron chi connectivity index (χ4n) is 3.64. The number of anilines is 1. The third-order valence-electron chi connectivity index (χ3n) is 5.40. The van der Waals surface area contributed by atoms with Crippen LogP contribution >= 0.6 is 11.3 Å². The minimum Gasteiger partial charge on any atom is -0.448 e. The Bertz CT molecular complexity index is 1150. The van der Waals surface area contributed by atoms with Crippen LogP contribution in [0, 0.1) is 6.92 Å². The smallest absolute Gasteiger partial charge is 0.349 e. The standard InChI is InChI=1S/C22H23N3O4S/c1-13-19(21(27)25(24(13)3)16-9-5-4-6-10-16)23-20(26)14(2)29-22(28)18-12-15-8-7-11-17(15)30-18/h4-6,9-10,12,14H,7-8,11H2,1-3H3,(H,23,26). The average Bonchev–Trinajstić information content (AvgIpc) is 3.38. The molecule has 8 heteroatoms. The second-order valence-electron chi connectivity index (χ2n) is 7.39. The van der Waals surface area contributed by atoms with E-state index in [0.717, 1.165) is 19.3 Å². The van der Waals surface area contributed by atoms with Gasteiger partial charge in [-0.2, -0.15) is 0 Å². The van der Waals surface area contributed by atoms with Gasteiger partial charge >= 0.3 is 5.97 Å². The van der Waals surface area contributed by atoms with Gasteiger partial charge in [-0.15, -0.1) is 11.3 Å². The third kappa shape index (κ3) is 3.59. The predicted molar refractivity (Wildman–Crippen MR) is 116 cm³/mol. The van der Waals surface area contributed by atoms with Crippen molar-refractivity contribution in [3.05, 3.63) is 67.8 Å². The summed E-state index contributed by atoms with van der Waals surface area (Å²) in [6.45, 7) is 3.25. The maximum Gasteiger partial charge on any atom is 0.349 e. The Morgan fingerprint density at radius 1 is 1.20 bits per heavy atom. The first-order valence-electron chi connectivity index (χ1n) is 9.84. The van der Waals surface area contributed by atoms with E-state index in [1.165, 1.54) is 33.4 Å². The first-order chi connectivity index (χ1) is 14.4.